The fraction of sp³-hybridized carbons (Fsp3) is 0.350. The third-order valence-corrected chi connectivity index (χ3v) is 5.26. The maximum absolute atomic E-state index is 12.5. The number of benzene rings is 1. The number of carbonyl (C=O) groups is 1. The molecule has 3 N–H and O–H groups in total. The van der Waals surface area contributed by atoms with E-state index in [4.69, 9.17) is 15.2 Å². The van der Waals surface area contributed by atoms with E-state index in [1.54, 1.807) is 31.0 Å². The highest BCUT2D eigenvalue weighted by Crippen LogP contribution is 2.35. The predicted octanol–water partition coefficient (Wildman–Crippen LogP) is 3.03. The number of hydrogen-bond donors (Lipinski definition) is 2. The standard InChI is InChI=1S/C20H24N4O3S/c1-20(8-11-28-19(21)24-20)14-4-3-5-15(12-14)23-18(25)17-7-6-16(13-22-17)27-10-9-26-2/h3-7,12-13H,8-11H2,1-2H3,(H2,21,24)(H,23,25). The van der Waals surface area contributed by atoms with E-state index in [1.807, 2.05) is 24.3 Å². The second kappa shape index (κ2) is 9.07. The van der Waals surface area contributed by atoms with Crippen LogP contribution in [0.1, 0.15) is 29.4 Å². The van der Waals surface area contributed by atoms with E-state index in [9.17, 15) is 4.79 Å². The molecule has 3 rings (SSSR count). The fourth-order valence-corrected chi connectivity index (χ4v) is 3.84. The number of nitrogens with two attached hydrogens (primary N) is 1. The van der Waals surface area contributed by atoms with Gasteiger partial charge in [0.2, 0.25) is 0 Å². The number of nitrogens with zero attached hydrogens (tertiary/aromatic N) is 2. The Morgan fingerprint density at radius 3 is 2.89 bits per heavy atom. The molecule has 0 saturated carbocycles. The van der Waals surface area contributed by atoms with Crippen molar-refractivity contribution in [1.29, 1.82) is 0 Å². The molecule has 0 fully saturated rings. The molecule has 1 aromatic heterocycles. The minimum Gasteiger partial charge on any atom is -0.490 e. The second-order valence-electron chi connectivity index (χ2n) is 6.58. The second-order valence-corrected chi connectivity index (χ2v) is 7.69. The Morgan fingerprint density at radius 1 is 1.32 bits per heavy atom. The Labute approximate surface area is 168 Å². The Kier molecular flexibility index (Phi) is 6.53. The molecule has 1 aliphatic rings. The van der Waals surface area contributed by atoms with Gasteiger partial charge in [0.15, 0.2) is 5.17 Å². The maximum Gasteiger partial charge on any atom is 0.274 e. The van der Waals surface area contributed by atoms with Gasteiger partial charge in [0, 0.05) is 18.6 Å². The van der Waals surface area contributed by atoms with Gasteiger partial charge in [0.25, 0.3) is 5.91 Å². The van der Waals surface area contributed by atoms with Gasteiger partial charge >= 0.3 is 0 Å². The molecule has 8 heteroatoms. The van der Waals surface area contributed by atoms with Crippen LogP contribution in [-0.2, 0) is 10.3 Å². The molecule has 1 aliphatic heterocycles. The van der Waals surface area contributed by atoms with Crippen LogP contribution in [0.5, 0.6) is 5.75 Å². The zero-order valence-corrected chi connectivity index (χ0v) is 16.8. The van der Waals surface area contributed by atoms with Gasteiger partial charge in [-0.05, 0) is 43.2 Å². The number of pyridine rings is 1. The Morgan fingerprint density at radius 2 is 2.18 bits per heavy atom. The Balaban J connectivity index is 1.68. The predicted molar refractivity (Wildman–Crippen MR) is 112 cm³/mol. The van der Waals surface area contributed by atoms with E-state index < -0.39 is 0 Å². The van der Waals surface area contributed by atoms with E-state index in [-0.39, 0.29) is 11.4 Å². The van der Waals surface area contributed by atoms with Crippen molar-refractivity contribution in [3.8, 4) is 5.75 Å². The number of methoxy groups -OCH3 is 1. The van der Waals surface area contributed by atoms with Gasteiger partial charge in [-0.2, -0.15) is 0 Å². The molecule has 2 heterocycles. The van der Waals surface area contributed by atoms with Crippen molar-refractivity contribution in [3.05, 3.63) is 53.9 Å². The van der Waals surface area contributed by atoms with Crippen molar-refractivity contribution in [3.63, 3.8) is 0 Å². The number of nitrogens with one attached hydrogen (secondary N) is 1. The van der Waals surface area contributed by atoms with E-state index in [2.05, 4.69) is 22.2 Å². The van der Waals surface area contributed by atoms with Gasteiger partial charge in [-0.1, -0.05) is 23.9 Å². The SMILES string of the molecule is COCCOc1ccc(C(=O)Nc2cccc(C3(C)CCSC(N)=N3)c2)nc1. The zero-order chi connectivity index (χ0) is 20.0. The summed E-state index contributed by atoms with van der Waals surface area (Å²) in [5, 5.41) is 3.49. The molecule has 7 nitrogen and oxygen atoms in total. The lowest BCUT2D eigenvalue weighted by molar-refractivity contribution is 0.102. The van der Waals surface area contributed by atoms with Crippen molar-refractivity contribution >= 4 is 28.5 Å². The molecule has 0 spiro atoms. The van der Waals surface area contributed by atoms with Crippen LogP contribution < -0.4 is 15.8 Å². The highest BCUT2D eigenvalue weighted by Gasteiger charge is 2.29. The third-order valence-electron chi connectivity index (χ3n) is 4.46. The lowest BCUT2D eigenvalue weighted by atomic mass is 9.89. The summed E-state index contributed by atoms with van der Waals surface area (Å²) in [6.07, 6.45) is 2.42. The van der Waals surface area contributed by atoms with Crippen LogP contribution in [0, 0.1) is 0 Å². The first-order valence-electron chi connectivity index (χ1n) is 8.98. The van der Waals surface area contributed by atoms with Crippen LogP contribution in [0.4, 0.5) is 5.69 Å². The normalized spacial score (nSPS) is 19.0. The number of aliphatic imine (C=N–C) groups is 1. The molecule has 1 atom stereocenters. The van der Waals surface area contributed by atoms with Gasteiger partial charge in [-0.3, -0.25) is 9.79 Å². The average Bonchev–Trinajstić information content (AvgIpc) is 2.69. The van der Waals surface area contributed by atoms with Crippen molar-refractivity contribution in [2.75, 3.05) is 31.4 Å². The quantitative estimate of drug-likeness (QED) is 0.693. The van der Waals surface area contributed by atoms with E-state index >= 15 is 0 Å². The molecule has 0 radical (unpaired) electrons. The monoisotopic (exact) mass is 400 g/mol. The van der Waals surface area contributed by atoms with Crippen LogP contribution in [0.3, 0.4) is 0 Å². The molecular weight excluding hydrogens is 376 g/mol. The number of ether oxygens (including phenoxy) is 2. The number of carbonyl (C=O) groups excluding carboxylic acids is 1. The molecular formula is C20H24N4O3S. The topological polar surface area (TPSA) is 98.8 Å². The molecule has 148 valence electrons. The molecule has 2 aromatic rings. The molecule has 0 saturated heterocycles. The van der Waals surface area contributed by atoms with Crippen LogP contribution in [0.2, 0.25) is 0 Å². The third kappa shape index (κ3) is 5.02. The molecule has 0 bridgehead atoms. The number of amidine groups is 1. The van der Waals surface area contributed by atoms with Gasteiger partial charge < -0.3 is 20.5 Å². The summed E-state index contributed by atoms with van der Waals surface area (Å²) in [5.41, 5.74) is 7.55. The first kappa shape index (κ1) is 20.2. The van der Waals surface area contributed by atoms with E-state index in [1.165, 1.54) is 6.20 Å². The molecule has 0 aliphatic carbocycles. The molecule has 1 unspecified atom stereocenters. The summed E-state index contributed by atoms with van der Waals surface area (Å²) >= 11 is 1.57. The number of anilines is 1. The number of amides is 1. The molecule has 1 amide bonds. The van der Waals surface area contributed by atoms with Crippen LogP contribution in [-0.4, -0.2) is 42.1 Å². The Bertz CT molecular complexity index is 857. The summed E-state index contributed by atoms with van der Waals surface area (Å²) < 4.78 is 10.4. The zero-order valence-electron chi connectivity index (χ0n) is 16.0. The summed E-state index contributed by atoms with van der Waals surface area (Å²) in [4.78, 5) is 21.3. The van der Waals surface area contributed by atoms with Crippen molar-refractivity contribution in [2.24, 2.45) is 10.7 Å². The summed E-state index contributed by atoms with van der Waals surface area (Å²) in [7, 11) is 1.61. The first-order valence-corrected chi connectivity index (χ1v) is 9.96. The van der Waals surface area contributed by atoms with Crippen molar-refractivity contribution in [1.82, 2.24) is 4.98 Å². The smallest absolute Gasteiger partial charge is 0.274 e. The lowest BCUT2D eigenvalue weighted by Crippen LogP contribution is -2.28. The lowest BCUT2D eigenvalue weighted by Gasteiger charge is -2.30. The van der Waals surface area contributed by atoms with Crippen molar-refractivity contribution < 1.29 is 14.3 Å². The minimum atomic E-state index is -0.379. The first-order chi connectivity index (χ1) is 13.5. The van der Waals surface area contributed by atoms with Crippen molar-refractivity contribution in [2.45, 2.75) is 18.9 Å². The van der Waals surface area contributed by atoms with Gasteiger partial charge in [-0.15, -0.1) is 0 Å². The molecule has 28 heavy (non-hydrogen) atoms. The number of hydrogen-bond acceptors (Lipinski definition) is 7. The number of thioether (sulfide) groups is 1. The van der Waals surface area contributed by atoms with Gasteiger partial charge in [0.05, 0.1) is 18.3 Å². The van der Waals surface area contributed by atoms with Crippen LogP contribution in [0.25, 0.3) is 0 Å². The van der Waals surface area contributed by atoms with Crippen LogP contribution >= 0.6 is 11.8 Å². The average molecular weight is 401 g/mol. The van der Waals surface area contributed by atoms with Gasteiger partial charge in [0.1, 0.15) is 18.1 Å². The molecule has 1 aromatic carbocycles. The Hall–Kier alpha value is -2.58. The van der Waals surface area contributed by atoms with Gasteiger partial charge in [-0.25, -0.2) is 4.98 Å². The number of rotatable bonds is 7. The highest BCUT2D eigenvalue weighted by molar-refractivity contribution is 8.13. The number of aromatic nitrogens is 1. The van der Waals surface area contributed by atoms with Crippen LogP contribution in [0.15, 0.2) is 47.6 Å². The highest BCUT2D eigenvalue weighted by atomic mass is 32.2. The summed E-state index contributed by atoms with van der Waals surface area (Å²) in [6, 6.07) is 11.0. The minimum absolute atomic E-state index is 0.284. The van der Waals surface area contributed by atoms with E-state index in [0.717, 1.165) is 17.7 Å². The fourth-order valence-electron chi connectivity index (χ4n) is 2.86. The summed E-state index contributed by atoms with van der Waals surface area (Å²) in [5.74, 6) is 1.23. The maximum atomic E-state index is 12.5. The summed E-state index contributed by atoms with van der Waals surface area (Å²) in [6.45, 7) is 2.98. The largest absolute Gasteiger partial charge is 0.490 e. The van der Waals surface area contributed by atoms with E-state index in [0.29, 0.717) is 35.5 Å².